The third kappa shape index (κ3) is 4.42. The number of methoxy groups -OCH3 is 2. The highest BCUT2D eigenvalue weighted by Crippen LogP contribution is 2.36. The van der Waals surface area contributed by atoms with E-state index in [-0.39, 0.29) is 0 Å². The van der Waals surface area contributed by atoms with Gasteiger partial charge in [0.25, 0.3) is 0 Å². The largest absolute Gasteiger partial charge is 0.497 e. The number of nitrogens with zero attached hydrogens (tertiary/aromatic N) is 1. The van der Waals surface area contributed by atoms with Crippen molar-refractivity contribution in [3.63, 3.8) is 0 Å². The monoisotopic (exact) mass is 369 g/mol. The molecule has 0 saturated carbocycles. The zero-order chi connectivity index (χ0) is 19.8. The fourth-order valence-corrected chi connectivity index (χ4v) is 3.26. The Balaban J connectivity index is 2.23. The Labute approximate surface area is 166 Å². The Morgan fingerprint density at radius 2 is 1.21 bits per heavy atom. The van der Waals surface area contributed by atoms with E-state index in [1.165, 1.54) is 0 Å². The van der Waals surface area contributed by atoms with Crippen LogP contribution in [0, 0.1) is 11.3 Å². The molecule has 0 heterocycles. The predicted octanol–water partition coefficient (Wildman–Crippen LogP) is 5.97. The lowest BCUT2D eigenvalue weighted by molar-refractivity contribution is 0.414. The molecule has 140 valence electrons. The molecule has 0 atom stereocenters. The van der Waals surface area contributed by atoms with Crippen molar-refractivity contribution in [2.75, 3.05) is 14.2 Å². The topological polar surface area (TPSA) is 42.2 Å². The van der Waals surface area contributed by atoms with Crippen LogP contribution in [0.25, 0.3) is 11.1 Å². The van der Waals surface area contributed by atoms with E-state index in [9.17, 15) is 5.26 Å². The lowest BCUT2D eigenvalue weighted by Crippen LogP contribution is -1.96. The van der Waals surface area contributed by atoms with Crippen molar-refractivity contribution in [1.29, 1.82) is 5.26 Å². The molecule has 0 fully saturated rings. The highest BCUT2D eigenvalue weighted by Gasteiger charge is 2.14. The Morgan fingerprint density at radius 3 is 1.64 bits per heavy atom. The quantitative estimate of drug-likeness (QED) is 0.482. The fourth-order valence-electron chi connectivity index (χ4n) is 3.26. The van der Waals surface area contributed by atoms with Crippen molar-refractivity contribution in [3.05, 3.63) is 95.6 Å². The summed E-state index contributed by atoms with van der Waals surface area (Å²) in [5.74, 6) is 1.63. The molecule has 3 nitrogen and oxygen atoms in total. The molecule has 0 N–H and O–H groups in total. The van der Waals surface area contributed by atoms with Crippen LogP contribution in [0.3, 0.4) is 0 Å². The van der Waals surface area contributed by atoms with Gasteiger partial charge in [-0.1, -0.05) is 54.6 Å². The second-order valence-electron chi connectivity index (χ2n) is 6.33. The van der Waals surface area contributed by atoms with Gasteiger partial charge in [-0.05, 0) is 58.5 Å². The van der Waals surface area contributed by atoms with Crippen LogP contribution in [0.4, 0.5) is 0 Å². The summed E-state index contributed by atoms with van der Waals surface area (Å²) in [6, 6.07) is 28.7. The molecular formula is C25H23NO2. The van der Waals surface area contributed by atoms with Gasteiger partial charge in [0.1, 0.15) is 11.5 Å². The minimum absolute atomic E-state index is 0.458. The molecule has 0 aliphatic rings. The van der Waals surface area contributed by atoms with Crippen molar-refractivity contribution >= 4 is 11.1 Å². The normalized spacial score (nSPS) is 10.0. The lowest BCUT2D eigenvalue weighted by Gasteiger charge is -2.17. The molecule has 0 aliphatic heterocycles. The number of benzene rings is 3. The molecule has 0 aromatic heterocycles. The number of hydrogen-bond acceptors (Lipinski definition) is 3. The number of rotatable bonds is 7. The van der Waals surface area contributed by atoms with E-state index in [0.717, 1.165) is 39.3 Å². The Morgan fingerprint density at radius 1 is 0.714 bits per heavy atom. The van der Waals surface area contributed by atoms with Crippen LogP contribution in [0.1, 0.15) is 29.5 Å². The van der Waals surface area contributed by atoms with E-state index >= 15 is 0 Å². The van der Waals surface area contributed by atoms with E-state index < -0.39 is 0 Å². The smallest absolute Gasteiger partial charge is 0.118 e. The second kappa shape index (κ2) is 9.43. The summed E-state index contributed by atoms with van der Waals surface area (Å²) in [5, 5.41) is 9.22. The molecule has 0 amide bonds. The minimum atomic E-state index is 0.458. The maximum atomic E-state index is 9.22. The minimum Gasteiger partial charge on any atom is -0.497 e. The van der Waals surface area contributed by atoms with Gasteiger partial charge in [-0.25, -0.2) is 0 Å². The summed E-state index contributed by atoms with van der Waals surface area (Å²) in [6.07, 6.45) is 1.13. The first kappa shape index (κ1) is 19.3. The SMILES string of the molecule is COc1ccc(C(=C(CCC#N)c2ccccc2)c2ccc(OC)cc2)cc1. The standard InChI is InChI=1S/C25H23NO2/c1-27-22-14-10-20(11-15-22)25(21-12-16-23(28-2)17-13-21)24(9-6-18-26)19-7-4-3-5-8-19/h3-5,7-8,10-17H,6,9H2,1-2H3. The predicted molar refractivity (Wildman–Crippen MR) is 113 cm³/mol. The van der Waals surface area contributed by atoms with Crippen LogP contribution in [-0.2, 0) is 0 Å². The van der Waals surface area contributed by atoms with Crippen LogP contribution in [0.15, 0.2) is 78.9 Å². The molecule has 0 bridgehead atoms. The van der Waals surface area contributed by atoms with E-state index in [1.807, 2.05) is 42.5 Å². The Bertz CT molecular complexity index is 916. The van der Waals surface area contributed by atoms with Crippen LogP contribution < -0.4 is 9.47 Å². The van der Waals surface area contributed by atoms with Crippen molar-refractivity contribution in [3.8, 4) is 17.6 Å². The molecule has 0 unspecified atom stereocenters. The van der Waals surface area contributed by atoms with E-state index in [2.05, 4.69) is 42.5 Å². The van der Waals surface area contributed by atoms with Crippen LogP contribution in [0.2, 0.25) is 0 Å². The van der Waals surface area contributed by atoms with Gasteiger partial charge in [-0.15, -0.1) is 0 Å². The van der Waals surface area contributed by atoms with Gasteiger partial charge in [-0.2, -0.15) is 5.26 Å². The maximum Gasteiger partial charge on any atom is 0.118 e. The summed E-state index contributed by atoms with van der Waals surface area (Å²) in [5.41, 5.74) is 5.56. The highest BCUT2D eigenvalue weighted by molar-refractivity contribution is 5.98. The van der Waals surface area contributed by atoms with Crippen LogP contribution in [-0.4, -0.2) is 14.2 Å². The average Bonchev–Trinajstić information content (AvgIpc) is 2.77. The second-order valence-corrected chi connectivity index (χ2v) is 6.33. The molecule has 0 aliphatic carbocycles. The first-order valence-electron chi connectivity index (χ1n) is 9.21. The number of ether oxygens (including phenoxy) is 2. The highest BCUT2D eigenvalue weighted by atomic mass is 16.5. The molecule has 3 heteroatoms. The third-order valence-electron chi connectivity index (χ3n) is 4.67. The van der Waals surface area contributed by atoms with Gasteiger partial charge in [0.15, 0.2) is 0 Å². The molecule has 0 saturated heterocycles. The van der Waals surface area contributed by atoms with Crippen LogP contribution >= 0.6 is 0 Å². The van der Waals surface area contributed by atoms with E-state index in [0.29, 0.717) is 12.8 Å². The van der Waals surface area contributed by atoms with Gasteiger partial charge >= 0.3 is 0 Å². The zero-order valence-corrected chi connectivity index (χ0v) is 16.2. The van der Waals surface area contributed by atoms with Gasteiger partial charge < -0.3 is 9.47 Å². The first-order chi connectivity index (χ1) is 13.8. The lowest BCUT2D eigenvalue weighted by atomic mass is 9.87. The first-order valence-corrected chi connectivity index (χ1v) is 9.21. The van der Waals surface area contributed by atoms with Crippen molar-refractivity contribution < 1.29 is 9.47 Å². The van der Waals surface area contributed by atoms with Crippen molar-refractivity contribution in [1.82, 2.24) is 0 Å². The number of hydrogen-bond donors (Lipinski definition) is 0. The van der Waals surface area contributed by atoms with Crippen molar-refractivity contribution in [2.24, 2.45) is 0 Å². The summed E-state index contributed by atoms with van der Waals surface area (Å²) in [7, 11) is 3.33. The maximum absolute atomic E-state index is 9.22. The van der Waals surface area contributed by atoms with Gasteiger partial charge in [0.2, 0.25) is 0 Å². The van der Waals surface area contributed by atoms with Crippen molar-refractivity contribution in [2.45, 2.75) is 12.8 Å². The molecule has 3 aromatic rings. The van der Waals surface area contributed by atoms with Gasteiger partial charge in [0, 0.05) is 6.42 Å². The zero-order valence-electron chi connectivity index (χ0n) is 16.2. The van der Waals surface area contributed by atoms with E-state index in [1.54, 1.807) is 14.2 Å². The molecule has 3 rings (SSSR count). The summed E-state index contributed by atoms with van der Waals surface area (Å²) >= 11 is 0. The average molecular weight is 369 g/mol. The number of nitriles is 1. The Hall–Kier alpha value is -3.51. The summed E-state index contributed by atoms with van der Waals surface area (Å²) < 4.78 is 10.6. The molecular weight excluding hydrogens is 346 g/mol. The third-order valence-corrected chi connectivity index (χ3v) is 4.67. The number of allylic oxidation sites excluding steroid dienone is 1. The van der Waals surface area contributed by atoms with Gasteiger partial charge in [-0.3, -0.25) is 0 Å². The summed E-state index contributed by atoms with van der Waals surface area (Å²) in [4.78, 5) is 0. The fraction of sp³-hybridized carbons (Fsp3) is 0.160. The summed E-state index contributed by atoms with van der Waals surface area (Å²) in [6.45, 7) is 0. The Kier molecular flexibility index (Phi) is 6.49. The van der Waals surface area contributed by atoms with E-state index in [4.69, 9.17) is 9.47 Å². The molecule has 0 spiro atoms. The van der Waals surface area contributed by atoms with Crippen LogP contribution in [0.5, 0.6) is 11.5 Å². The molecule has 0 radical (unpaired) electrons. The molecule has 3 aromatic carbocycles. The van der Waals surface area contributed by atoms with Gasteiger partial charge in [0.05, 0.1) is 20.3 Å². The molecule has 28 heavy (non-hydrogen) atoms.